The van der Waals surface area contributed by atoms with Gasteiger partial charge in [-0.25, -0.2) is 0 Å². The highest BCUT2D eigenvalue weighted by Crippen LogP contribution is 2.17. The van der Waals surface area contributed by atoms with Gasteiger partial charge < -0.3 is 15.5 Å². The minimum absolute atomic E-state index is 0.0702. The quantitative estimate of drug-likeness (QED) is 0.0420. The van der Waals surface area contributed by atoms with Gasteiger partial charge in [-0.3, -0.25) is 4.79 Å². The Morgan fingerprint density at radius 1 is 0.358 bits per heavy atom. The van der Waals surface area contributed by atoms with Crippen molar-refractivity contribution in [2.75, 3.05) is 6.61 Å². The van der Waals surface area contributed by atoms with Crippen LogP contribution in [0.2, 0.25) is 0 Å². The van der Waals surface area contributed by atoms with E-state index < -0.39 is 12.1 Å². The molecule has 392 valence electrons. The molecule has 0 saturated carbocycles. The molecule has 0 aromatic rings. The zero-order chi connectivity index (χ0) is 48.5. The Hall–Kier alpha value is -1.91. The molecule has 2 atom stereocenters. The van der Waals surface area contributed by atoms with Gasteiger partial charge in [-0.05, 0) is 70.6 Å². The predicted octanol–water partition coefficient (Wildman–Crippen LogP) is 20.0. The Morgan fingerprint density at radius 3 is 0.970 bits per heavy atom. The maximum absolute atomic E-state index is 12.4. The molecule has 1 amide bonds. The van der Waals surface area contributed by atoms with Crippen LogP contribution in [0.15, 0.2) is 60.8 Å². The molecule has 67 heavy (non-hydrogen) atoms. The molecule has 0 radical (unpaired) electrons. The Balaban J connectivity index is 3.40. The molecule has 0 aromatic heterocycles. The number of rotatable bonds is 55. The standard InChI is InChI=1S/C63H117NO3/c1-3-5-7-9-11-13-15-17-19-20-21-22-23-24-25-26-27-28-29-30-31-32-33-34-35-36-37-38-39-40-41-42-43-44-45-47-49-51-53-55-57-59-63(67)64-61(60-65)62(66)58-56-54-52-50-48-46-18-16-14-12-10-8-6-4-2/h15,17,20-21,23-24,48,50,56,58,61-62,65-66H,3-14,16,18-19,22,25-47,49,51-55,57,59-60H2,1-2H3,(H,64,67)/b17-15-,21-20-,24-23-,50-48+,58-56+. The second-order valence-corrected chi connectivity index (χ2v) is 20.4. The summed E-state index contributed by atoms with van der Waals surface area (Å²) in [6, 6.07) is -0.638. The number of carbonyl (C=O) groups excluding carboxylic acids is 1. The molecule has 0 saturated heterocycles. The van der Waals surface area contributed by atoms with Gasteiger partial charge in [0.25, 0.3) is 0 Å². The lowest BCUT2D eigenvalue weighted by Crippen LogP contribution is -2.45. The van der Waals surface area contributed by atoms with Crippen LogP contribution in [0.1, 0.15) is 316 Å². The summed E-state index contributed by atoms with van der Waals surface area (Å²) >= 11 is 0. The average Bonchev–Trinajstić information content (AvgIpc) is 3.33. The Morgan fingerprint density at radius 2 is 0.627 bits per heavy atom. The largest absolute Gasteiger partial charge is 0.394 e. The summed E-state index contributed by atoms with van der Waals surface area (Å²) in [4.78, 5) is 12.4. The number of hydrogen-bond donors (Lipinski definition) is 3. The monoisotopic (exact) mass is 936 g/mol. The van der Waals surface area contributed by atoms with Gasteiger partial charge in [0.05, 0.1) is 18.8 Å². The lowest BCUT2D eigenvalue weighted by atomic mass is 10.0. The van der Waals surface area contributed by atoms with Crippen LogP contribution < -0.4 is 5.32 Å². The molecular weight excluding hydrogens is 819 g/mol. The predicted molar refractivity (Wildman–Crippen MR) is 299 cm³/mol. The van der Waals surface area contributed by atoms with E-state index >= 15 is 0 Å². The molecule has 0 fully saturated rings. The molecule has 0 heterocycles. The molecule has 0 aliphatic rings. The number of unbranched alkanes of at least 4 members (excludes halogenated alkanes) is 40. The highest BCUT2D eigenvalue weighted by molar-refractivity contribution is 5.76. The van der Waals surface area contributed by atoms with Crippen LogP contribution in [-0.4, -0.2) is 34.9 Å². The Bertz CT molecular complexity index is 1110. The van der Waals surface area contributed by atoms with E-state index in [1.54, 1.807) is 6.08 Å². The fraction of sp³-hybridized carbons (Fsp3) is 0.825. The first kappa shape index (κ1) is 65.1. The highest BCUT2D eigenvalue weighted by atomic mass is 16.3. The van der Waals surface area contributed by atoms with E-state index in [1.807, 2.05) is 6.08 Å². The van der Waals surface area contributed by atoms with Crippen LogP contribution in [0.3, 0.4) is 0 Å². The third kappa shape index (κ3) is 54.9. The summed E-state index contributed by atoms with van der Waals surface area (Å²) < 4.78 is 0. The van der Waals surface area contributed by atoms with Crippen molar-refractivity contribution in [3.05, 3.63) is 60.8 Å². The summed E-state index contributed by atoms with van der Waals surface area (Å²) in [7, 11) is 0. The molecule has 0 aliphatic carbocycles. The van der Waals surface area contributed by atoms with Gasteiger partial charge in [0, 0.05) is 6.42 Å². The fourth-order valence-corrected chi connectivity index (χ4v) is 9.15. The van der Waals surface area contributed by atoms with Gasteiger partial charge in [-0.15, -0.1) is 0 Å². The Labute approximate surface area is 419 Å². The zero-order valence-corrected chi connectivity index (χ0v) is 45.2. The number of aliphatic hydroxyl groups is 2. The van der Waals surface area contributed by atoms with Gasteiger partial charge in [0.1, 0.15) is 0 Å². The fourth-order valence-electron chi connectivity index (χ4n) is 9.15. The molecule has 0 rings (SSSR count). The second-order valence-electron chi connectivity index (χ2n) is 20.4. The third-order valence-corrected chi connectivity index (χ3v) is 13.7. The highest BCUT2D eigenvalue weighted by Gasteiger charge is 2.18. The minimum Gasteiger partial charge on any atom is -0.394 e. The number of amides is 1. The van der Waals surface area contributed by atoms with E-state index in [1.165, 1.54) is 250 Å². The third-order valence-electron chi connectivity index (χ3n) is 13.7. The van der Waals surface area contributed by atoms with Crippen LogP contribution in [0.5, 0.6) is 0 Å². The lowest BCUT2D eigenvalue weighted by Gasteiger charge is -2.19. The maximum atomic E-state index is 12.4. The summed E-state index contributed by atoms with van der Waals surface area (Å²) in [6.07, 6.45) is 82.7. The van der Waals surface area contributed by atoms with Crippen LogP contribution >= 0.6 is 0 Å². The van der Waals surface area contributed by atoms with Gasteiger partial charge in [-0.2, -0.15) is 0 Å². The molecule has 0 aromatic carbocycles. The van der Waals surface area contributed by atoms with Crippen molar-refractivity contribution in [2.45, 2.75) is 328 Å². The van der Waals surface area contributed by atoms with Crippen molar-refractivity contribution in [1.82, 2.24) is 5.32 Å². The van der Waals surface area contributed by atoms with Gasteiger partial charge in [0.15, 0.2) is 0 Å². The maximum Gasteiger partial charge on any atom is 0.220 e. The van der Waals surface area contributed by atoms with Crippen molar-refractivity contribution in [1.29, 1.82) is 0 Å². The van der Waals surface area contributed by atoms with E-state index in [2.05, 4.69) is 67.8 Å². The lowest BCUT2D eigenvalue weighted by molar-refractivity contribution is -0.123. The number of carbonyl (C=O) groups is 1. The second kappa shape index (κ2) is 58.4. The molecule has 4 heteroatoms. The average molecular weight is 937 g/mol. The number of aliphatic hydroxyl groups excluding tert-OH is 2. The first-order valence-corrected chi connectivity index (χ1v) is 30.0. The molecule has 0 aliphatic heterocycles. The van der Waals surface area contributed by atoms with Gasteiger partial charge >= 0.3 is 0 Å². The van der Waals surface area contributed by atoms with E-state index in [9.17, 15) is 15.0 Å². The van der Waals surface area contributed by atoms with Crippen molar-refractivity contribution < 1.29 is 15.0 Å². The van der Waals surface area contributed by atoms with Crippen LogP contribution in [0, 0.1) is 0 Å². The molecule has 2 unspecified atom stereocenters. The number of hydrogen-bond acceptors (Lipinski definition) is 3. The summed E-state index contributed by atoms with van der Waals surface area (Å²) in [6.45, 7) is 4.29. The zero-order valence-electron chi connectivity index (χ0n) is 45.2. The summed E-state index contributed by atoms with van der Waals surface area (Å²) in [5, 5.41) is 23.1. The van der Waals surface area contributed by atoms with Crippen LogP contribution in [-0.2, 0) is 4.79 Å². The molecule has 0 spiro atoms. The molecule has 3 N–H and O–H groups in total. The van der Waals surface area contributed by atoms with E-state index in [4.69, 9.17) is 0 Å². The topological polar surface area (TPSA) is 69.6 Å². The van der Waals surface area contributed by atoms with E-state index in [0.717, 1.165) is 44.9 Å². The van der Waals surface area contributed by atoms with Crippen LogP contribution in [0.25, 0.3) is 0 Å². The summed E-state index contributed by atoms with van der Waals surface area (Å²) in [5.74, 6) is -0.0702. The van der Waals surface area contributed by atoms with Gasteiger partial charge in [-0.1, -0.05) is 299 Å². The SMILES string of the molecule is CCCCCCC/C=C\C/C=C\C/C=C\CCCCCCCCCCCCCCCCCCCCCCCCCCCCC(=O)NC(CO)C(O)/C=C/CC/C=C/CCCCCCCCCC. The molecule has 0 bridgehead atoms. The normalized spacial score (nSPS) is 13.2. The van der Waals surface area contributed by atoms with Crippen molar-refractivity contribution in [3.8, 4) is 0 Å². The van der Waals surface area contributed by atoms with Crippen LogP contribution in [0.4, 0.5) is 0 Å². The van der Waals surface area contributed by atoms with Crippen molar-refractivity contribution >= 4 is 5.91 Å². The van der Waals surface area contributed by atoms with E-state index in [-0.39, 0.29) is 12.5 Å². The molecular formula is C63H117NO3. The van der Waals surface area contributed by atoms with E-state index in [0.29, 0.717) is 6.42 Å². The number of nitrogens with one attached hydrogen (secondary N) is 1. The molecule has 4 nitrogen and oxygen atoms in total. The first-order valence-electron chi connectivity index (χ1n) is 30.0. The first-order chi connectivity index (χ1) is 33.2. The van der Waals surface area contributed by atoms with Crippen molar-refractivity contribution in [3.63, 3.8) is 0 Å². The smallest absolute Gasteiger partial charge is 0.220 e. The summed E-state index contributed by atoms with van der Waals surface area (Å²) in [5.41, 5.74) is 0. The minimum atomic E-state index is -0.861. The van der Waals surface area contributed by atoms with Gasteiger partial charge in [0.2, 0.25) is 5.91 Å². The Kier molecular flexibility index (Phi) is 56.7. The number of allylic oxidation sites excluding steroid dienone is 9. The van der Waals surface area contributed by atoms with Crippen molar-refractivity contribution in [2.24, 2.45) is 0 Å².